The summed E-state index contributed by atoms with van der Waals surface area (Å²) in [5.74, 6) is -0.933. The highest BCUT2D eigenvalue weighted by atomic mass is 35.5. The Balaban J connectivity index is -0.000000135. The molecule has 0 fully saturated rings. The first-order valence-corrected chi connectivity index (χ1v) is 3.37. The van der Waals surface area contributed by atoms with E-state index in [1.807, 2.05) is 0 Å². The van der Waals surface area contributed by atoms with Crippen molar-refractivity contribution >= 4 is 30.8 Å². The largest absolute Gasteiger partial charge is 0.480 e. The molecular formula is C7H20Cl2N2O2. The van der Waals surface area contributed by atoms with E-state index in [9.17, 15) is 4.79 Å². The quantitative estimate of drug-likeness (QED) is 0.620. The van der Waals surface area contributed by atoms with E-state index in [-0.39, 0.29) is 32.2 Å². The lowest BCUT2D eigenvalue weighted by Gasteiger charge is -2.03. The van der Waals surface area contributed by atoms with E-state index in [2.05, 4.69) is 0 Å². The van der Waals surface area contributed by atoms with Gasteiger partial charge in [-0.05, 0) is 19.4 Å². The topological polar surface area (TPSA) is 89.3 Å². The molecule has 0 aromatic carbocycles. The summed E-state index contributed by atoms with van der Waals surface area (Å²) in [6, 6.07) is -0.716. The van der Waals surface area contributed by atoms with Crippen molar-refractivity contribution in [2.24, 2.45) is 11.5 Å². The van der Waals surface area contributed by atoms with Crippen molar-refractivity contribution in [3.63, 3.8) is 0 Å². The van der Waals surface area contributed by atoms with E-state index in [1.165, 1.54) is 0 Å². The number of hydrogen-bond donors (Lipinski definition) is 3. The van der Waals surface area contributed by atoms with Crippen molar-refractivity contribution in [2.45, 2.75) is 32.7 Å². The van der Waals surface area contributed by atoms with E-state index in [4.69, 9.17) is 16.6 Å². The zero-order chi connectivity index (χ0) is 7.98. The molecule has 5 N–H and O–H groups in total. The molecule has 0 saturated carbocycles. The second kappa shape index (κ2) is 14.5. The molecule has 0 amide bonds. The van der Waals surface area contributed by atoms with Gasteiger partial charge in [-0.2, -0.15) is 0 Å². The van der Waals surface area contributed by atoms with Gasteiger partial charge in [0.1, 0.15) is 6.04 Å². The zero-order valence-corrected chi connectivity index (χ0v) is 8.37. The number of hydrogen-bond acceptors (Lipinski definition) is 3. The number of carboxylic acids is 1. The van der Waals surface area contributed by atoms with Gasteiger partial charge in [0.05, 0.1) is 0 Å². The third-order valence-corrected chi connectivity index (χ3v) is 1.29. The number of rotatable bonds is 5. The highest BCUT2D eigenvalue weighted by molar-refractivity contribution is 5.85. The van der Waals surface area contributed by atoms with E-state index in [0.29, 0.717) is 13.0 Å². The summed E-state index contributed by atoms with van der Waals surface area (Å²) in [5.41, 5.74) is 10.4. The maximum Gasteiger partial charge on any atom is 0.320 e. The van der Waals surface area contributed by atoms with Crippen LogP contribution in [-0.2, 0) is 4.79 Å². The lowest BCUT2D eigenvalue weighted by atomic mass is 10.1. The predicted octanol–water partition coefficient (Wildman–Crippen LogP) is 1.01. The fraction of sp³-hybridized carbons (Fsp3) is 0.857. The number of halogens is 2. The molecule has 13 heavy (non-hydrogen) atoms. The first-order valence-electron chi connectivity index (χ1n) is 3.37. The van der Waals surface area contributed by atoms with Gasteiger partial charge in [0.25, 0.3) is 0 Å². The van der Waals surface area contributed by atoms with Crippen LogP contribution in [0.1, 0.15) is 26.7 Å². The Morgan fingerprint density at radius 2 is 1.77 bits per heavy atom. The smallest absolute Gasteiger partial charge is 0.320 e. The van der Waals surface area contributed by atoms with E-state index < -0.39 is 12.0 Å². The van der Waals surface area contributed by atoms with Crippen LogP contribution in [0, 0.1) is 0 Å². The molecule has 0 spiro atoms. The summed E-state index contributed by atoms with van der Waals surface area (Å²) in [4.78, 5) is 10.1. The van der Waals surface area contributed by atoms with Crippen LogP contribution < -0.4 is 11.5 Å². The fourth-order valence-electron chi connectivity index (χ4n) is 0.632. The Morgan fingerprint density at radius 3 is 2.08 bits per heavy atom. The highest BCUT2D eigenvalue weighted by Crippen LogP contribution is 1.96. The van der Waals surface area contributed by atoms with Gasteiger partial charge in [-0.3, -0.25) is 4.79 Å². The lowest BCUT2D eigenvalue weighted by molar-refractivity contribution is -0.138. The second-order valence-corrected chi connectivity index (χ2v) is 2.23. The third-order valence-electron chi connectivity index (χ3n) is 1.29. The molecule has 0 aliphatic heterocycles. The SMILES string of the molecule is C.Cl.Cl.NCCCC[C@H](N)C(=O)O. The van der Waals surface area contributed by atoms with Gasteiger partial charge in [0.2, 0.25) is 0 Å². The molecule has 0 heterocycles. The van der Waals surface area contributed by atoms with E-state index >= 15 is 0 Å². The van der Waals surface area contributed by atoms with Gasteiger partial charge >= 0.3 is 5.97 Å². The number of carboxylic acid groups (broad SMARTS) is 1. The molecule has 0 unspecified atom stereocenters. The molecule has 0 saturated heterocycles. The Kier molecular flexibility index (Phi) is 25.7. The van der Waals surface area contributed by atoms with Gasteiger partial charge in [0, 0.05) is 0 Å². The molecule has 0 bridgehead atoms. The summed E-state index contributed by atoms with van der Waals surface area (Å²) >= 11 is 0. The number of unbranched alkanes of at least 4 members (excludes halogenated alkanes) is 1. The third kappa shape index (κ3) is 14.8. The van der Waals surface area contributed by atoms with Gasteiger partial charge in [0.15, 0.2) is 0 Å². The molecule has 1 atom stereocenters. The highest BCUT2D eigenvalue weighted by Gasteiger charge is 2.09. The minimum absolute atomic E-state index is 0. The lowest BCUT2D eigenvalue weighted by Crippen LogP contribution is -2.29. The van der Waals surface area contributed by atoms with Gasteiger partial charge in [-0.25, -0.2) is 0 Å². The summed E-state index contributed by atoms with van der Waals surface area (Å²) < 4.78 is 0. The van der Waals surface area contributed by atoms with Gasteiger partial charge in [-0.1, -0.05) is 13.8 Å². The van der Waals surface area contributed by atoms with Crippen LogP contribution in [0.2, 0.25) is 0 Å². The molecule has 6 heteroatoms. The van der Waals surface area contributed by atoms with Crippen LogP contribution in [0.3, 0.4) is 0 Å². The Hall–Kier alpha value is -0.0300. The summed E-state index contributed by atoms with van der Waals surface area (Å²) in [5, 5.41) is 8.33. The Morgan fingerprint density at radius 1 is 1.31 bits per heavy atom. The van der Waals surface area contributed by atoms with Crippen molar-refractivity contribution in [2.75, 3.05) is 6.54 Å². The van der Waals surface area contributed by atoms with Crippen LogP contribution >= 0.6 is 24.8 Å². The molecule has 4 nitrogen and oxygen atoms in total. The summed E-state index contributed by atoms with van der Waals surface area (Å²) in [7, 11) is 0. The monoisotopic (exact) mass is 234 g/mol. The van der Waals surface area contributed by atoms with Crippen LogP contribution in [0.25, 0.3) is 0 Å². The fourth-order valence-corrected chi connectivity index (χ4v) is 0.632. The molecule has 0 rings (SSSR count). The Bertz CT molecular complexity index is 115. The molecule has 0 aromatic heterocycles. The normalized spacial score (nSPS) is 10.0. The van der Waals surface area contributed by atoms with Crippen molar-refractivity contribution in [3.05, 3.63) is 0 Å². The first kappa shape index (κ1) is 23.1. The van der Waals surface area contributed by atoms with E-state index in [1.54, 1.807) is 0 Å². The van der Waals surface area contributed by atoms with Crippen molar-refractivity contribution in [3.8, 4) is 0 Å². The Labute approximate surface area is 91.9 Å². The van der Waals surface area contributed by atoms with Crippen LogP contribution in [0.15, 0.2) is 0 Å². The van der Waals surface area contributed by atoms with Crippen molar-refractivity contribution in [1.29, 1.82) is 0 Å². The predicted molar refractivity (Wildman–Crippen MR) is 59.7 cm³/mol. The van der Waals surface area contributed by atoms with Gasteiger partial charge < -0.3 is 16.6 Å². The number of carbonyl (C=O) groups is 1. The van der Waals surface area contributed by atoms with Gasteiger partial charge in [-0.15, -0.1) is 24.8 Å². The van der Waals surface area contributed by atoms with Crippen molar-refractivity contribution < 1.29 is 9.90 Å². The standard InChI is InChI=1S/C6H14N2O2.CH4.2ClH/c7-4-2-1-3-5(8)6(9)10;;;/h5H,1-4,7-8H2,(H,9,10);1H4;2*1H/t5-;;;/m0.../s1. The molecule has 84 valence electrons. The molecule has 0 radical (unpaired) electrons. The summed E-state index contributed by atoms with van der Waals surface area (Å²) in [6.45, 7) is 0.604. The average molecular weight is 235 g/mol. The maximum atomic E-state index is 10.1. The van der Waals surface area contributed by atoms with Crippen LogP contribution in [-0.4, -0.2) is 23.7 Å². The van der Waals surface area contributed by atoms with Crippen LogP contribution in [0.5, 0.6) is 0 Å². The molecule has 0 aromatic rings. The minimum atomic E-state index is -0.933. The average Bonchev–Trinajstić information content (AvgIpc) is 1.88. The maximum absolute atomic E-state index is 10.1. The number of nitrogens with two attached hydrogens (primary N) is 2. The zero-order valence-electron chi connectivity index (χ0n) is 6.73. The number of aliphatic carboxylic acids is 1. The first-order chi connectivity index (χ1) is 4.68. The van der Waals surface area contributed by atoms with Crippen molar-refractivity contribution in [1.82, 2.24) is 0 Å². The molecular weight excluding hydrogens is 215 g/mol. The minimum Gasteiger partial charge on any atom is -0.480 e. The van der Waals surface area contributed by atoms with E-state index in [0.717, 1.165) is 12.8 Å². The molecule has 0 aliphatic rings. The summed E-state index contributed by atoms with van der Waals surface area (Å²) in [6.07, 6.45) is 2.16. The van der Waals surface area contributed by atoms with Crippen LogP contribution in [0.4, 0.5) is 0 Å². The molecule has 0 aliphatic carbocycles. The second-order valence-electron chi connectivity index (χ2n) is 2.23.